The Bertz CT molecular complexity index is 1480. The summed E-state index contributed by atoms with van der Waals surface area (Å²) in [5.74, 6) is -0.176. The van der Waals surface area contributed by atoms with Crippen molar-refractivity contribution in [2.75, 3.05) is 40.9 Å². The number of hydrogen-bond donors (Lipinski definition) is 3. The SMILES string of the molecule is CCCCCCCCCCCCCCCCCCCCCC/C=C/CC/C=C/C(O)C(COP(=O)(O)OCC[N+](C)(C)C)NC(=O)CCCCCCCCCCCCCCCCCCCCCCCCCCCCCCCCCCCCCCCCCC. The van der Waals surface area contributed by atoms with Gasteiger partial charge in [-0.15, -0.1) is 0 Å². The maximum atomic E-state index is 13.1. The highest BCUT2D eigenvalue weighted by molar-refractivity contribution is 7.47. The molecule has 0 radical (unpaired) electrons. The Kier molecular flexibility index (Phi) is 69.5. The molecule has 0 fully saturated rings. The monoisotopic (exact) mass is 1260 g/mol. The molecule has 0 bridgehead atoms. The summed E-state index contributed by atoms with van der Waals surface area (Å²) in [6.07, 6.45) is 93.9. The van der Waals surface area contributed by atoms with Gasteiger partial charge < -0.3 is 19.8 Å². The Morgan fingerprint density at radius 1 is 0.375 bits per heavy atom. The molecule has 8 nitrogen and oxygen atoms in total. The third-order valence-corrected chi connectivity index (χ3v) is 19.7. The van der Waals surface area contributed by atoms with Crippen LogP contribution in [0.15, 0.2) is 24.3 Å². The van der Waals surface area contributed by atoms with E-state index < -0.39 is 20.0 Å². The summed E-state index contributed by atoms with van der Waals surface area (Å²) in [4.78, 5) is 23.5. The number of hydrogen-bond acceptors (Lipinski definition) is 5. The molecule has 0 aromatic heterocycles. The van der Waals surface area contributed by atoms with Gasteiger partial charge in [-0.05, 0) is 32.1 Å². The Morgan fingerprint density at radius 2 is 0.625 bits per heavy atom. The molecule has 9 heteroatoms. The van der Waals surface area contributed by atoms with Crippen LogP contribution in [0.2, 0.25) is 0 Å². The molecule has 0 spiro atoms. The van der Waals surface area contributed by atoms with Crippen LogP contribution in [0.1, 0.15) is 425 Å². The normalized spacial score (nSPS) is 13.6. The van der Waals surface area contributed by atoms with Crippen LogP contribution in [0, 0.1) is 0 Å². The number of carbonyl (C=O) groups is 1. The molecule has 0 aliphatic heterocycles. The van der Waals surface area contributed by atoms with Crippen LogP contribution in [-0.2, 0) is 18.4 Å². The van der Waals surface area contributed by atoms with Crippen molar-refractivity contribution in [2.45, 2.75) is 437 Å². The number of phosphoric ester groups is 1. The summed E-state index contributed by atoms with van der Waals surface area (Å²) >= 11 is 0. The van der Waals surface area contributed by atoms with Crippen LogP contribution < -0.4 is 5.32 Å². The van der Waals surface area contributed by atoms with Crippen LogP contribution in [0.4, 0.5) is 0 Å². The predicted molar refractivity (Wildman–Crippen MR) is 388 cm³/mol. The van der Waals surface area contributed by atoms with Gasteiger partial charge in [0.1, 0.15) is 13.2 Å². The lowest BCUT2D eigenvalue weighted by atomic mass is 10.0. The predicted octanol–water partition coefficient (Wildman–Crippen LogP) is 25.8. The van der Waals surface area contributed by atoms with Crippen LogP contribution in [-0.4, -0.2) is 73.4 Å². The topological polar surface area (TPSA) is 105 Å². The number of nitrogens with zero attached hydrogens (tertiary/aromatic N) is 1. The quantitative estimate of drug-likeness (QED) is 0.0243. The van der Waals surface area contributed by atoms with Crippen LogP contribution >= 0.6 is 7.82 Å². The number of carbonyl (C=O) groups excluding carboxylic acids is 1. The number of aliphatic hydroxyl groups excluding tert-OH is 1. The van der Waals surface area contributed by atoms with Gasteiger partial charge in [-0.3, -0.25) is 13.8 Å². The van der Waals surface area contributed by atoms with Crippen LogP contribution in [0.25, 0.3) is 0 Å². The highest BCUT2D eigenvalue weighted by Gasteiger charge is 2.28. The molecule has 0 aromatic rings. The summed E-state index contributed by atoms with van der Waals surface area (Å²) in [6.45, 7) is 4.87. The van der Waals surface area contributed by atoms with Crippen LogP contribution in [0.3, 0.4) is 0 Å². The number of phosphoric acid groups is 1. The van der Waals surface area contributed by atoms with Gasteiger partial charge in [-0.1, -0.05) is 411 Å². The molecule has 3 unspecified atom stereocenters. The lowest BCUT2D eigenvalue weighted by Crippen LogP contribution is -2.45. The number of likely N-dealkylation sites (N-methyl/N-ethyl adjacent to an activating group) is 1. The van der Waals surface area contributed by atoms with Crippen molar-refractivity contribution in [1.82, 2.24) is 5.32 Å². The highest BCUT2D eigenvalue weighted by atomic mass is 31.2. The third-order valence-electron chi connectivity index (χ3n) is 18.7. The van der Waals surface area contributed by atoms with E-state index in [9.17, 15) is 19.4 Å². The zero-order chi connectivity index (χ0) is 64.1. The molecular formula is C79H158N2O6P+. The van der Waals surface area contributed by atoms with E-state index in [1.807, 2.05) is 27.2 Å². The van der Waals surface area contributed by atoms with Gasteiger partial charge in [0.05, 0.1) is 39.9 Å². The minimum Gasteiger partial charge on any atom is -0.387 e. The Balaban J connectivity index is 3.92. The van der Waals surface area contributed by atoms with Crippen molar-refractivity contribution in [3.05, 3.63) is 24.3 Å². The van der Waals surface area contributed by atoms with Gasteiger partial charge in [0.2, 0.25) is 5.91 Å². The fourth-order valence-electron chi connectivity index (χ4n) is 12.5. The van der Waals surface area contributed by atoms with Gasteiger partial charge in [-0.25, -0.2) is 4.57 Å². The van der Waals surface area contributed by atoms with E-state index in [-0.39, 0.29) is 19.1 Å². The number of amides is 1. The van der Waals surface area contributed by atoms with E-state index in [2.05, 4.69) is 31.3 Å². The fourth-order valence-corrected chi connectivity index (χ4v) is 13.3. The molecular weight excluding hydrogens is 1100 g/mol. The number of nitrogens with one attached hydrogen (secondary N) is 1. The molecule has 3 atom stereocenters. The highest BCUT2D eigenvalue weighted by Crippen LogP contribution is 2.43. The van der Waals surface area contributed by atoms with Crippen LogP contribution in [0.5, 0.6) is 0 Å². The van der Waals surface area contributed by atoms with E-state index in [0.29, 0.717) is 17.4 Å². The number of quaternary nitrogens is 1. The molecule has 0 rings (SSSR count). The second-order valence-corrected chi connectivity index (χ2v) is 30.3. The summed E-state index contributed by atoms with van der Waals surface area (Å²) in [7, 11) is 1.58. The molecule has 0 saturated carbocycles. The molecule has 1 amide bonds. The lowest BCUT2D eigenvalue weighted by molar-refractivity contribution is -0.870. The number of aliphatic hydroxyl groups is 1. The Hall–Kier alpha value is -1.02. The zero-order valence-corrected chi connectivity index (χ0v) is 61.2. The maximum Gasteiger partial charge on any atom is 0.472 e. The van der Waals surface area contributed by atoms with Gasteiger partial charge >= 0.3 is 7.82 Å². The summed E-state index contributed by atoms with van der Waals surface area (Å²) in [5, 5.41) is 14.0. The van der Waals surface area contributed by atoms with E-state index >= 15 is 0 Å². The average Bonchev–Trinajstić information content (AvgIpc) is 3.70. The minimum absolute atomic E-state index is 0.0592. The van der Waals surface area contributed by atoms with Gasteiger partial charge in [0, 0.05) is 6.42 Å². The largest absolute Gasteiger partial charge is 0.472 e. The van der Waals surface area contributed by atoms with Crippen molar-refractivity contribution in [1.29, 1.82) is 0 Å². The maximum absolute atomic E-state index is 13.1. The van der Waals surface area contributed by atoms with Crippen molar-refractivity contribution in [3.8, 4) is 0 Å². The second kappa shape index (κ2) is 70.3. The van der Waals surface area contributed by atoms with Gasteiger partial charge in [0.15, 0.2) is 0 Å². The van der Waals surface area contributed by atoms with Gasteiger partial charge in [-0.2, -0.15) is 0 Å². The second-order valence-electron chi connectivity index (χ2n) is 28.8. The average molecular weight is 1260 g/mol. The van der Waals surface area contributed by atoms with Gasteiger partial charge in [0.25, 0.3) is 0 Å². The van der Waals surface area contributed by atoms with E-state index in [4.69, 9.17) is 9.05 Å². The first kappa shape index (κ1) is 87.0. The summed E-state index contributed by atoms with van der Waals surface area (Å²) in [5.41, 5.74) is 0. The van der Waals surface area contributed by atoms with Crippen molar-refractivity contribution in [2.24, 2.45) is 0 Å². The molecule has 0 aliphatic carbocycles. The lowest BCUT2D eigenvalue weighted by Gasteiger charge is -2.25. The van der Waals surface area contributed by atoms with Crippen molar-refractivity contribution in [3.63, 3.8) is 0 Å². The smallest absolute Gasteiger partial charge is 0.387 e. The molecule has 524 valence electrons. The fraction of sp³-hybridized carbons (Fsp3) is 0.937. The number of allylic oxidation sites excluding steroid dienone is 3. The van der Waals surface area contributed by atoms with E-state index in [0.717, 1.165) is 38.5 Å². The molecule has 0 heterocycles. The van der Waals surface area contributed by atoms with Crippen molar-refractivity contribution < 1.29 is 32.9 Å². The first-order chi connectivity index (χ1) is 43.0. The summed E-state index contributed by atoms with van der Waals surface area (Å²) in [6, 6.07) is -0.862. The molecule has 0 saturated heterocycles. The first-order valence-corrected chi connectivity index (χ1v) is 41.2. The number of rotatable bonds is 75. The molecule has 0 aromatic carbocycles. The molecule has 0 aliphatic rings. The Labute approximate surface area is 551 Å². The van der Waals surface area contributed by atoms with Crippen molar-refractivity contribution >= 4 is 13.7 Å². The zero-order valence-electron chi connectivity index (χ0n) is 60.3. The molecule has 3 N–H and O–H groups in total. The third kappa shape index (κ3) is 72.4. The molecule has 88 heavy (non-hydrogen) atoms. The van der Waals surface area contributed by atoms with E-state index in [1.165, 1.54) is 366 Å². The standard InChI is InChI=1S/C79H157N2O6P/c1-6-8-10-12-14-16-18-20-22-24-26-28-30-32-34-35-36-37-38-39-40-41-42-43-44-45-46-47-49-51-53-55-57-59-61-63-65-67-69-71-73-79(83)80-77(76-87-88(84,85)86-75-74-81(3,4)5)78(82)72-70-68-66-64-62-60-58-56-54-52-50-48-33-31-29-27-25-23-21-19-17-15-13-11-9-7-2/h62,64,70,72,77-78,82H,6-61,63,65-69,71,73-76H2,1-5H3,(H-,80,83,84,85)/p+1/b64-62+,72-70+. The van der Waals surface area contributed by atoms with E-state index in [1.54, 1.807) is 6.08 Å². The Morgan fingerprint density at radius 3 is 0.909 bits per heavy atom. The minimum atomic E-state index is -4.36. The summed E-state index contributed by atoms with van der Waals surface area (Å²) < 4.78 is 23.8. The number of unbranched alkanes of at least 4 members (excludes halogenated alkanes) is 60. The first-order valence-electron chi connectivity index (χ1n) is 39.7.